The Balaban J connectivity index is 1.49. The highest BCUT2D eigenvalue weighted by molar-refractivity contribution is 6.31. The summed E-state index contributed by atoms with van der Waals surface area (Å²) in [6.07, 6.45) is 6.26. The first-order valence-electron chi connectivity index (χ1n) is 9.12. The zero-order chi connectivity index (χ0) is 17.9. The van der Waals surface area contributed by atoms with E-state index >= 15 is 0 Å². The van der Waals surface area contributed by atoms with E-state index in [4.69, 9.17) is 16.0 Å². The van der Waals surface area contributed by atoms with Gasteiger partial charge in [-0.1, -0.05) is 43.0 Å². The summed E-state index contributed by atoms with van der Waals surface area (Å²) in [7, 11) is 0. The van der Waals surface area contributed by atoms with Crippen molar-refractivity contribution in [2.24, 2.45) is 0 Å². The number of benzene rings is 2. The Morgan fingerprint density at radius 1 is 1.15 bits per heavy atom. The Bertz CT molecular complexity index is 929. The summed E-state index contributed by atoms with van der Waals surface area (Å²) in [6, 6.07) is 13.5. The van der Waals surface area contributed by atoms with E-state index in [9.17, 15) is 4.79 Å². The molecule has 0 spiro atoms. The van der Waals surface area contributed by atoms with Crippen molar-refractivity contribution in [2.75, 3.05) is 0 Å². The summed E-state index contributed by atoms with van der Waals surface area (Å²) >= 11 is 6.01. The van der Waals surface area contributed by atoms with Gasteiger partial charge in [-0.2, -0.15) is 0 Å². The van der Waals surface area contributed by atoms with Crippen LogP contribution in [0.1, 0.15) is 37.7 Å². The van der Waals surface area contributed by atoms with Gasteiger partial charge in [0.15, 0.2) is 5.58 Å². The highest BCUT2D eigenvalue weighted by Crippen LogP contribution is 2.27. The molecular weight excluding hydrogens is 348 g/mol. The highest BCUT2D eigenvalue weighted by Gasteiger charge is 2.16. The van der Waals surface area contributed by atoms with Gasteiger partial charge in [0.1, 0.15) is 5.52 Å². The summed E-state index contributed by atoms with van der Waals surface area (Å²) in [5, 5.41) is 3.79. The summed E-state index contributed by atoms with van der Waals surface area (Å²) < 4.78 is 5.82. The first kappa shape index (κ1) is 17.1. The Morgan fingerprint density at radius 3 is 2.85 bits per heavy atom. The van der Waals surface area contributed by atoms with Crippen molar-refractivity contribution < 1.29 is 9.21 Å². The minimum atomic E-state index is 0.0818. The summed E-state index contributed by atoms with van der Waals surface area (Å²) in [5.74, 6) is 0.621. The number of hydrogen-bond acceptors (Lipinski definition) is 3. The maximum atomic E-state index is 12.3. The standard InChI is InChI=1S/C21H21ClN2O2/c22-16-9-10-19-18(13-16)24-21(26-19)15-6-4-5-14(11-15)12-20(25)23-17-7-2-1-3-8-17/h4-6,9-11,13,17H,1-3,7-8,12H2,(H,23,25). The van der Waals surface area contributed by atoms with Crippen LogP contribution in [0.2, 0.25) is 5.02 Å². The lowest BCUT2D eigenvalue weighted by molar-refractivity contribution is -0.121. The fourth-order valence-electron chi connectivity index (χ4n) is 3.55. The molecule has 2 aromatic carbocycles. The molecule has 0 bridgehead atoms. The molecule has 0 radical (unpaired) electrons. The molecule has 0 unspecified atom stereocenters. The van der Waals surface area contributed by atoms with Crippen LogP contribution in [-0.4, -0.2) is 16.9 Å². The number of halogens is 1. The molecule has 1 fully saturated rings. The van der Waals surface area contributed by atoms with Gasteiger partial charge in [0.2, 0.25) is 11.8 Å². The SMILES string of the molecule is O=C(Cc1cccc(-c2nc3cc(Cl)ccc3o2)c1)NC1CCCCC1. The largest absolute Gasteiger partial charge is 0.436 e. The maximum absolute atomic E-state index is 12.3. The number of nitrogens with one attached hydrogen (secondary N) is 1. The van der Waals surface area contributed by atoms with Crippen molar-refractivity contribution in [1.82, 2.24) is 10.3 Å². The molecule has 1 heterocycles. The van der Waals surface area contributed by atoms with Gasteiger partial charge in [0.05, 0.1) is 6.42 Å². The summed E-state index contributed by atoms with van der Waals surface area (Å²) in [6.45, 7) is 0. The van der Waals surface area contributed by atoms with E-state index in [1.807, 2.05) is 30.3 Å². The molecule has 1 N–H and O–H groups in total. The number of hydrogen-bond donors (Lipinski definition) is 1. The number of fused-ring (bicyclic) bond motifs is 1. The van der Waals surface area contributed by atoms with Gasteiger partial charge in [-0.3, -0.25) is 4.79 Å². The van der Waals surface area contributed by atoms with Crippen LogP contribution in [0.15, 0.2) is 46.9 Å². The topological polar surface area (TPSA) is 55.1 Å². The minimum Gasteiger partial charge on any atom is -0.436 e. The molecule has 0 aliphatic heterocycles. The van der Waals surface area contributed by atoms with Crippen molar-refractivity contribution in [3.63, 3.8) is 0 Å². The van der Waals surface area contributed by atoms with Crippen molar-refractivity contribution in [3.05, 3.63) is 53.1 Å². The lowest BCUT2D eigenvalue weighted by Gasteiger charge is -2.22. The number of amides is 1. The fraction of sp³-hybridized carbons (Fsp3) is 0.333. The van der Waals surface area contributed by atoms with Crippen LogP contribution < -0.4 is 5.32 Å². The van der Waals surface area contributed by atoms with Crippen molar-refractivity contribution in [2.45, 2.75) is 44.6 Å². The van der Waals surface area contributed by atoms with Gasteiger partial charge < -0.3 is 9.73 Å². The molecule has 4 nitrogen and oxygen atoms in total. The van der Waals surface area contributed by atoms with E-state index in [0.717, 1.165) is 29.5 Å². The molecule has 5 heteroatoms. The molecule has 1 aliphatic carbocycles. The Morgan fingerprint density at radius 2 is 2.00 bits per heavy atom. The van der Waals surface area contributed by atoms with E-state index in [-0.39, 0.29) is 5.91 Å². The van der Waals surface area contributed by atoms with Crippen LogP contribution in [-0.2, 0) is 11.2 Å². The number of nitrogens with zero attached hydrogens (tertiary/aromatic N) is 1. The molecule has 1 aliphatic rings. The minimum absolute atomic E-state index is 0.0818. The lowest BCUT2D eigenvalue weighted by atomic mass is 9.95. The third-order valence-corrected chi connectivity index (χ3v) is 5.09. The quantitative estimate of drug-likeness (QED) is 0.693. The number of carbonyl (C=O) groups is 1. The van der Waals surface area contributed by atoms with Gasteiger partial charge in [0, 0.05) is 16.6 Å². The summed E-state index contributed by atoms with van der Waals surface area (Å²) in [5.41, 5.74) is 3.24. The average Bonchev–Trinajstić information content (AvgIpc) is 3.06. The predicted molar refractivity (Wildman–Crippen MR) is 103 cm³/mol. The second-order valence-corrected chi connectivity index (χ2v) is 7.35. The van der Waals surface area contributed by atoms with Gasteiger partial charge in [-0.25, -0.2) is 4.98 Å². The molecule has 1 aromatic heterocycles. The Kier molecular flexibility index (Phi) is 4.93. The number of oxazole rings is 1. The number of carbonyl (C=O) groups excluding carboxylic acids is 1. The number of aromatic nitrogens is 1. The Hall–Kier alpha value is -2.33. The zero-order valence-corrected chi connectivity index (χ0v) is 15.3. The molecule has 134 valence electrons. The van der Waals surface area contributed by atoms with Crippen LogP contribution in [0, 0.1) is 0 Å². The van der Waals surface area contributed by atoms with Crippen LogP contribution in [0.3, 0.4) is 0 Å². The molecule has 4 rings (SSSR count). The normalized spacial score (nSPS) is 15.3. The second-order valence-electron chi connectivity index (χ2n) is 6.91. The van der Waals surface area contributed by atoms with E-state index in [1.165, 1.54) is 19.3 Å². The van der Waals surface area contributed by atoms with Crippen molar-refractivity contribution in [1.29, 1.82) is 0 Å². The maximum Gasteiger partial charge on any atom is 0.227 e. The number of rotatable bonds is 4. The van der Waals surface area contributed by atoms with Crippen LogP contribution >= 0.6 is 11.6 Å². The first-order valence-corrected chi connectivity index (χ1v) is 9.50. The molecule has 0 saturated heterocycles. The second kappa shape index (κ2) is 7.50. The Labute approximate surface area is 157 Å². The predicted octanol–water partition coefficient (Wildman–Crippen LogP) is 5.14. The lowest BCUT2D eigenvalue weighted by Crippen LogP contribution is -2.37. The van der Waals surface area contributed by atoms with E-state index in [2.05, 4.69) is 10.3 Å². The van der Waals surface area contributed by atoms with Crippen LogP contribution in [0.5, 0.6) is 0 Å². The van der Waals surface area contributed by atoms with Gasteiger partial charge >= 0.3 is 0 Å². The van der Waals surface area contributed by atoms with Gasteiger partial charge in [-0.05, 0) is 48.7 Å². The zero-order valence-electron chi connectivity index (χ0n) is 14.5. The van der Waals surface area contributed by atoms with Crippen LogP contribution in [0.25, 0.3) is 22.6 Å². The van der Waals surface area contributed by atoms with Crippen molar-refractivity contribution in [3.8, 4) is 11.5 Å². The third-order valence-electron chi connectivity index (χ3n) is 4.86. The van der Waals surface area contributed by atoms with Gasteiger partial charge in [0.25, 0.3) is 0 Å². The molecular formula is C21H21ClN2O2. The molecule has 26 heavy (non-hydrogen) atoms. The fourth-order valence-corrected chi connectivity index (χ4v) is 3.72. The van der Waals surface area contributed by atoms with E-state index in [1.54, 1.807) is 12.1 Å². The average molecular weight is 369 g/mol. The third kappa shape index (κ3) is 3.91. The smallest absolute Gasteiger partial charge is 0.227 e. The van der Waals surface area contributed by atoms with Crippen LogP contribution in [0.4, 0.5) is 0 Å². The molecule has 1 saturated carbocycles. The van der Waals surface area contributed by atoms with E-state index in [0.29, 0.717) is 29.0 Å². The van der Waals surface area contributed by atoms with Crippen molar-refractivity contribution >= 4 is 28.6 Å². The monoisotopic (exact) mass is 368 g/mol. The van der Waals surface area contributed by atoms with Gasteiger partial charge in [-0.15, -0.1) is 0 Å². The highest BCUT2D eigenvalue weighted by atomic mass is 35.5. The molecule has 3 aromatic rings. The summed E-state index contributed by atoms with van der Waals surface area (Å²) in [4.78, 5) is 16.8. The molecule has 1 amide bonds. The first-order chi connectivity index (χ1) is 12.7. The molecule has 0 atom stereocenters. The van der Waals surface area contributed by atoms with E-state index < -0.39 is 0 Å².